The molecule has 8 heteroatoms. The van der Waals surface area contributed by atoms with Crippen molar-refractivity contribution in [2.45, 2.75) is 17.9 Å². The van der Waals surface area contributed by atoms with Gasteiger partial charge in [-0.15, -0.1) is 0 Å². The Morgan fingerprint density at radius 2 is 1.81 bits per heavy atom. The van der Waals surface area contributed by atoms with Crippen molar-refractivity contribution in [3.8, 4) is 0 Å². The number of sulfonamides is 1. The van der Waals surface area contributed by atoms with E-state index in [9.17, 15) is 17.6 Å². The third-order valence-corrected chi connectivity index (χ3v) is 6.29. The molecule has 1 aliphatic heterocycles. The van der Waals surface area contributed by atoms with E-state index in [0.29, 0.717) is 10.6 Å². The monoisotopic (exact) mass is 409 g/mol. The van der Waals surface area contributed by atoms with E-state index in [4.69, 9.17) is 16.3 Å². The predicted molar refractivity (Wildman–Crippen MR) is 99.2 cm³/mol. The lowest BCUT2D eigenvalue weighted by molar-refractivity contribution is -0.138. The van der Waals surface area contributed by atoms with Crippen LogP contribution in [0.2, 0.25) is 5.02 Å². The minimum atomic E-state index is -3.97. The van der Waals surface area contributed by atoms with Gasteiger partial charge < -0.3 is 4.74 Å². The molecule has 0 aliphatic carbocycles. The van der Waals surface area contributed by atoms with Crippen LogP contribution in [-0.2, 0) is 19.6 Å². The molecule has 0 amide bonds. The molecule has 1 atom stereocenters. The topological polar surface area (TPSA) is 63.7 Å². The van der Waals surface area contributed by atoms with Gasteiger partial charge in [0.25, 0.3) is 0 Å². The van der Waals surface area contributed by atoms with Crippen LogP contribution >= 0.6 is 11.6 Å². The maximum absolute atomic E-state index is 13.2. The van der Waals surface area contributed by atoms with Crippen LogP contribution in [0.1, 0.15) is 18.5 Å². The second-order valence-electron chi connectivity index (χ2n) is 5.86. The Kier molecular flexibility index (Phi) is 5.64. The van der Waals surface area contributed by atoms with Gasteiger partial charge in [-0.05, 0) is 48.9 Å². The quantitative estimate of drug-likeness (QED) is 0.706. The summed E-state index contributed by atoms with van der Waals surface area (Å²) in [5, 5.41) is 0.492. The summed E-state index contributed by atoms with van der Waals surface area (Å²) < 4.78 is 45.7. The van der Waals surface area contributed by atoms with Gasteiger partial charge in [0.2, 0.25) is 10.0 Å². The summed E-state index contributed by atoms with van der Waals surface area (Å²) in [6.45, 7) is 1.85. The fourth-order valence-electron chi connectivity index (χ4n) is 2.94. The Hall–Kier alpha value is -2.22. The molecular weight excluding hydrogens is 393 g/mol. The molecule has 0 N–H and O–H groups in total. The van der Waals surface area contributed by atoms with Gasteiger partial charge in [0.15, 0.2) is 0 Å². The Morgan fingerprint density at radius 3 is 2.41 bits per heavy atom. The van der Waals surface area contributed by atoms with E-state index in [-0.39, 0.29) is 23.6 Å². The molecule has 142 valence electrons. The zero-order valence-corrected chi connectivity index (χ0v) is 16.0. The highest BCUT2D eigenvalue weighted by molar-refractivity contribution is 7.89. The van der Waals surface area contributed by atoms with Crippen LogP contribution in [-0.4, -0.2) is 31.8 Å². The van der Waals surface area contributed by atoms with Crippen LogP contribution < -0.4 is 0 Å². The molecule has 27 heavy (non-hydrogen) atoms. The number of ether oxygens (including phenoxy) is 1. The van der Waals surface area contributed by atoms with Crippen molar-refractivity contribution in [2.75, 3.05) is 13.2 Å². The van der Waals surface area contributed by atoms with E-state index in [1.807, 2.05) is 0 Å². The summed E-state index contributed by atoms with van der Waals surface area (Å²) in [6, 6.07) is 10.3. The molecule has 5 nitrogen and oxygen atoms in total. The van der Waals surface area contributed by atoms with Gasteiger partial charge in [0, 0.05) is 11.6 Å². The molecule has 0 saturated heterocycles. The number of nitrogens with zero attached hydrogens (tertiary/aromatic N) is 1. The van der Waals surface area contributed by atoms with Crippen molar-refractivity contribution < 1.29 is 22.3 Å². The zero-order valence-electron chi connectivity index (χ0n) is 14.4. The second kappa shape index (κ2) is 7.80. The summed E-state index contributed by atoms with van der Waals surface area (Å²) in [5.41, 5.74) is 0.826. The van der Waals surface area contributed by atoms with Gasteiger partial charge in [-0.3, -0.25) is 0 Å². The van der Waals surface area contributed by atoms with Crippen molar-refractivity contribution >= 4 is 27.6 Å². The van der Waals surface area contributed by atoms with E-state index in [1.165, 1.54) is 16.4 Å². The molecule has 0 spiro atoms. The second-order valence-corrected chi connectivity index (χ2v) is 8.19. The number of benzene rings is 2. The maximum Gasteiger partial charge on any atom is 0.335 e. The molecule has 1 heterocycles. The van der Waals surface area contributed by atoms with Gasteiger partial charge in [-0.2, -0.15) is 4.31 Å². The standard InChI is InChI=1S/C19H17ClFNO4S/c1-2-26-19(23)17-11-12-22(18(17)13-3-5-14(20)6-4-13)27(24,25)16-9-7-15(21)8-10-16/h3-11,18H,2,12H2,1H3. The third-order valence-electron chi connectivity index (χ3n) is 4.19. The summed E-state index contributed by atoms with van der Waals surface area (Å²) in [6.07, 6.45) is 1.54. The molecule has 1 aliphatic rings. The highest BCUT2D eigenvalue weighted by Crippen LogP contribution is 2.38. The van der Waals surface area contributed by atoms with Crippen molar-refractivity contribution in [1.29, 1.82) is 0 Å². The minimum absolute atomic E-state index is 0.00114. The van der Waals surface area contributed by atoms with Gasteiger partial charge in [-0.1, -0.05) is 29.8 Å². The lowest BCUT2D eigenvalue weighted by Crippen LogP contribution is -2.33. The molecule has 0 fully saturated rings. The van der Waals surface area contributed by atoms with Crippen LogP contribution in [0.15, 0.2) is 65.1 Å². The summed E-state index contributed by atoms with van der Waals surface area (Å²) in [7, 11) is -3.97. The van der Waals surface area contributed by atoms with Gasteiger partial charge in [-0.25, -0.2) is 17.6 Å². The largest absolute Gasteiger partial charge is 0.463 e. The molecule has 0 bridgehead atoms. The number of halogens is 2. The zero-order chi connectivity index (χ0) is 19.6. The van der Waals surface area contributed by atoms with Crippen LogP contribution in [0.3, 0.4) is 0 Å². The van der Waals surface area contributed by atoms with Gasteiger partial charge in [0.05, 0.1) is 23.1 Å². The first-order chi connectivity index (χ1) is 12.8. The smallest absolute Gasteiger partial charge is 0.335 e. The van der Waals surface area contributed by atoms with E-state index in [1.54, 1.807) is 37.3 Å². The van der Waals surface area contributed by atoms with Crippen LogP contribution in [0.5, 0.6) is 0 Å². The average Bonchev–Trinajstić information content (AvgIpc) is 3.09. The van der Waals surface area contributed by atoms with E-state index in [2.05, 4.69) is 0 Å². The Morgan fingerprint density at radius 1 is 1.19 bits per heavy atom. The SMILES string of the molecule is CCOC(=O)C1=CCN(S(=O)(=O)c2ccc(F)cc2)C1c1ccc(Cl)cc1. The molecular formula is C19H17ClFNO4S. The number of hydrogen-bond acceptors (Lipinski definition) is 4. The Balaban J connectivity index is 2.05. The van der Waals surface area contributed by atoms with Gasteiger partial charge in [0.1, 0.15) is 5.82 Å². The lowest BCUT2D eigenvalue weighted by atomic mass is 10.0. The van der Waals surface area contributed by atoms with Crippen molar-refractivity contribution in [2.24, 2.45) is 0 Å². The van der Waals surface area contributed by atoms with Crippen LogP contribution in [0.4, 0.5) is 4.39 Å². The normalized spacial score (nSPS) is 17.6. The maximum atomic E-state index is 13.2. The highest BCUT2D eigenvalue weighted by atomic mass is 35.5. The molecule has 2 aromatic rings. The van der Waals surface area contributed by atoms with Gasteiger partial charge >= 0.3 is 5.97 Å². The number of hydrogen-bond donors (Lipinski definition) is 0. The molecule has 1 unspecified atom stereocenters. The highest BCUT2D eigenvalue weighted by Gasteiger charge is 2.41. The van der Waals surface area contributed by atoms with Crippen molar-refractivity contribution in [3.05, 3.63) is 76.6 Å². The predicted octanol–water partition coefficient (Wildman–Crippen LogP) is 3.71. The number of carbonyl (C=O) groups is 1. The first-order valence-corrected chi connectivity index (χ1v) is 10.1. The molecule has 2 aromatic carbocycles. The molecule has 0 saturated carbocycles. The van der Waals surface area contributed by atoms with Crippen molar-refractivity contribution in [3.63, 3.8) is 0 Å². The third kappa shape index (κ3) is 3.90. The first-order valence-electron chi connectivity index (χ1n) is 8.24. The molecule has 0 aromatic heterocycles. The van der Waals surface area contributed by atoms with Crippen molar-refractivity contribution in [1.82, 2.24) is 4.31 Å². The van der Waals surface area contributed by atoms with Crippen LogP contribution in [0, 0.1) is 5.82 Å². The molecule has 0 radical (unpaired) electrons. The average molecular weight is 410 g/mol. The summed E-state index contributed by atoms with van der Waals surface area (Å²) in [5.74, 6) is -1.11. The fourth-order valence-corrected chi connectivity index (χ4v) is 4.60. The number of esters is 1. The minimum Gasteiger partial charge on any atom is -0.463 e. The summed E-state index contributed by atoms with van der Waals surface area (Å²) >= 11 is 5.93. The van der Waals surface area contributed by atoms with Crippen LogP contribution in [0.25, 0.3) is 0 Å². The Bertz CT molecular complexity index is 972. The summed E-state index contributed by atoms with van der Waals surface area (Å²) in [4.78, 5) is 12.3. The van der Waals surface area contributed by atoms with E-state index < -0.39 is 27.9 Å². The van der Waals surface area contributed by atoms with E-state index >= 15 is 0 Å². The van der Waals surface area contributed by atoms with E-state index in [0.717, 1.165) is 12.1 Å². The first kappa shape index (κ1) is 19.5. The number of rotatable bonds is 5. The fraction of sp³-hybridized carbons (Fsp3) is 0.211. The molecule has 3 rings (SSSR count). The number of carbonyl (C=O) groups excluding carboxylic acids is 1. The lowest BCUT2D eigenvalue weighted by Gasteiger charge is -2.26. The Labute approximate surface area is 162 Å².